The van der Waals surface area contributed by atoms with E-state index in [2.05, 4.69) is 17.6 Å². The van der Waals surface area contributed by atoms with E-state index in [1.165, 1.54) is 6.42 Å². The van der Waals surface area contributed by atoms with Crippen LogP contribution in [0.2, 0.25) is 0 Å². The molecular formula is C15H26N2O3. The van der Waals surface area contributed by atoms with E-state index in [1.54, 1.807) is 0 Å². The summed E-state index contributed by atoms with van der Waals surface area (Å²) in [6.45, 7) is 2.89. The Morgan fingerprint density at radius 1 is 1.10 bits per heavy atom. The van der Waals surface area contributed by atoms with E-state index in [0.29, 0.717) is 24.4 Å². The van der Waals surface area contributed by atoms with Gasteiger partial charge < -0.3 is 15.7 Å². The third-order valence-corrected chi connectivity index (χ3v) is 4.78. The largest absolute Gasteiger partial charge is 0.481 e. The Morgan fingerprint density at radius 2 is 1.80 bits per heavy atom. The van der Waals surface area contributed by atoms with Gasteiger partial charge in [-0.15, -0.1) is 0 Å². The Morgan fingerprint density at radius 3 is 2.35 bits per heavy atom. The molecule has 5 heteroatoms. The van der Waals surface area contributed by atoms with Crippen molar-refractivity contribution in [3.05, 3.63) is 0 Å². The highest BCUT2D eigenvalue weighted by Crippen LogP contribution is 2.28. The standard InChI is InChI=1S/C15H26N2O3/c1-10-2-7-13(8-10)17-15(20)16-9-11-3-5-12(6-4-11)14(18)19/h10-13H,2-9H2,1H3,(H,18,19)(H2,16,17,20). The number of rotatable bonds is 4. The van der Waals surface area contributed by atoms with Crippen LogP contribution in [0.4, 0.5) is 4.79 Å². The minimum atomic E-state index is -0.676. The fourth-order valence-corrected chi connectivity index (χ4v) is 3.43. The number of carbonyl (C=O) groups is 2. The summed E-state index contributed by atoms with van der Waals surface area (Å²) >= 11 is 0. The molecule has 2 amide bonds. The van der Waals surface area contributed by atoms with E-state index in [-0.39, 0.29) is 11.9 Å². The van der Waals surface area contributed by atoms with Crippen LogP contribution < -0.4 is 10.6 Å². The molecule has 2 aliphatic rings. The highest BCUT2D eigenvalue weighted by Gasteiger charge is 2.26. The fraction of sp³-hybridized carbons (Fsp3) is 0.867. The minimum absolute atomic E-state index is 0.0653. The number of hydrogen-bond donors (Lipinski definition) is 3. The maximum Gasteiger partial charge on any atom is 0.315 e. The maximum absolute atomic E-state index is 11.8. The summed E-state index contributed by atoms with van der Waals surface area (Å²) in [5, 5.41) is 14.9. The molecule has 2 rings (SSSR count). The summed E-state index contributed by atoms with van der Waals surface area (Å²) in [5.41, 5.74) is 0. The molecule has 0 heterocycles. The molecule has 5 nitrogen and oxygen atoms in total. The van der Waals surface area contributed by atoms with Gasteiger partial charge in [-0.2, -0.15) is 0 Å². The molecule has 2 atom stereocenters. The van der Waals surface area contributed by atoms with Crippen LogP contribution in [-0.4, -0.2) is 29.7 Å². The number of aliphatic carboxylic acids is 1. The van der Waals surface area contributed by atoms with E-state index in [0.717, 1.165) is 38.5 Å². The lowest BCUT2D eigenvalue weighted by Crippen LogP contribution is -2.43. The molecule has 0 aliphatic heterocycles. The van der Waals surface area contributed by atoms with Crippen molar-refractivity contribution in [2.24, 2.45) is 17.8 Å². The number of nitrogens with one attached hydrogen (secondary N) is 2. The Hall–Kier alpha value is -1.26. The SMILES string of the molecule is CC1CCC(NC(=O)NCC2CCC(C(=O)O)CC2)C1. The molecule has 0 spiro atoms. The lowest BCUT2D eigenvalue weighted by Gasteiger charge is -2.26. The van der Waals surface area contributed by atoms with Gasteiger partial charge in [-0.3, -0.25) is 4.79 Å². The second-order valence-electron chi connectivity index (χ2n) is 6.53. The molecule has 2 aliphatic carbocycles. The number of carboxylic acid groups (broad SMARTS) is 1. The molecule has 0 aromatic rings. The van der Waals surface area contributed by atoms with Crippen molar-refractivity contribution < 1.29 is 14.7 Å². The Balaban J connectivity index is 1.61. The second-order valence-corrected chi connectivity index (χ2v) is 6.53. The van der Waals surface area contributed by atoms with Crippen molar-refractivity contribution in [2.75, 3.05) is 6.54 Å². The second kappa shape index (κ2) is 6.95. The molecule has 2 unspecified atom stereocenters. The molecular weight excluding hydrogens is 256 g/mol. The first-order valence-corrected chi connectivity index (χ1v) is 7.81. The van der Waals surface area contributed by atoms with Crippen molar-refractivity contribution in [1.29, 1.82) is 0 Å². The van der Waals surface area contributed by atoms with Crippen molar-refractivity contribution in [3.8, 4) is 0 Å². The van der Waals surface area contributed by atoms with Crippen molar-refractivity contribution >= 4 is 12.0 Å². The van der Waals surface area contributed by atoms with E-state index < -0.39 is 5.97 Å². The number of hydrogen-bond acceptors (Lipinski definition) is 2. The zero-order valence-corrected chi connectivity index (χ0v) is 12.2. The quantitative estimate of drug-likeness (QED) is 0.740. The third kappa shape index (κ3) is 4.39. The number of carboxylic acids is 1. The van der Waals surface area contributed by atoms with Gasteiger partial charge in [0.25, 0.3) is 0 Å². The molecule has 0 aromatic heterocycles. The van der Waals surface area contributed by atoms with E-state index >= 15 is 0 Å². The minimum Gasteiger partial charge on any atom is -0.481 e. The molecule has 2 saturated carbocycles. The summed E-state index contributed by atoms with van der Waals surface area (Å²) in [6.07, 6.45) is 6.64. The molecule has 114 valence electrons. The summed E-state index contributed by atoms with van der Waals surface area (Å²) in [4.78, 5) is 22.7. The van der Waals surface area contributed by atoms with Gasteiger partial charge >= 0.3 is 12.0 Å². The number of urea groups is 1. The fourth-order valence-electron chi connectivity index (χ4n) is 3.43. The third-order valence-electron chi connectivity index (χ3n) is 4.78. The van der Waals surface area contributed by atoms with Crippen LogP contribution in [0.5, 0.6) is 0 Å². The highest BCUT2D eigenvalue weighted by atomic mass is 16.4. The van der Waals surface area contributed by atoms with Crippen LogP contribution in [-0.2, 0) is 4.79 Å². The van der Waals surface area contributed by atoms with Gasteiger partial charge in [0.1, 0.15) is 0 Å². The van der Waals surface area contributed by atoms with E-state index in [9.17, 15) is 9.59 Å². The first-order valence-electron chi connectivity index (χ1n) is 7.81. The van der Waals surface area contributed by atoms with Gasteiger partial charge in [0.2, 0.25) is 0 Å². The normalized spacial score (nSPS) is 33.6. The summed E-state index contributed by atoms with van der Waals surface area (Å²) in [6, 6.07) is 0.261. The Kier molecular flexibility index (Phi) is 5.26. The summed E-state index contributed by atoms with van der Waals surface area (Å²) < 4.78 is 0. The van der Waals surface area contributed by atoms with E-state index in [4.69, 9.17) is 5.11 Å². The van der Waals surface area contributed by atoms with Gasteiger partial charge in [-0.05, 0) is 56.8 Å². The lowest BCUT2D eigenvalue weighted by molar-refractivity contribution is -0.143. The van der Waals surface area contributed by atoms with Gasteiger partial charge in [-0.1, -0.05) is 6.92 Å². The molecule has 3 N–H and O–H groups in total. The maximum atomic E-state index is 11.8. The first kappa shape index (κ1) is 15.1. The average molecular weight is 282 g/mol. The van der Waals surface area contributed by atoms with Gasteiger partial charge in [0.15, 0.2) is 0 Å². The van der Waals surface area contributed by atoms with Gasteiger partial charge in [-0.25, -0.2) is 4.79 Å². The predicted octanol–water partition coefficient (Wildman–Crippen LogP) is 2.37. The van der Waals surface area contributed by atoms with Crippen LogP contribution >= 0.6 is 0 Å². The molecule has 2 fully saturated rings. The molecule has 0 saturated heterocycles. The van der Waals surface area contributed by atoms with E-state index in [1.807, 2.05) is 0 Å². The van der Waals surface area contributed by atoms with Crippen molar-refractivity contribution in [1.82, 2.24) is 10.6 Å². The Bertz CT molecular complexity index is 351. The number of carbonyl (C=O) groups excluding carboxylic acids is 1. The van der Waals surface area contributed by atoms with Crippen LogP contribution in [0.1, 0.15) is 51.9 Å². The predicted molar refractivity (Wildman–Crippen MR) is 76.4 cm³/mol. The van der Waals surface area contributed by atoms with Crippen LogP contribution in [0.3, 0.4) is 0 Å². The zero-order valence-electron chi connectivity index (χ0n) is 12.2. The lowest BCUT2D eigenvalue weighted by atomic mass is 9.82. The molecule has 0 bridgehead atoms. The zero-order chi connectivity index (χ0) is 14.5. The molecule has 20 heavy (non-hydrogen) atoms. The Labute approximate surface area is 120 Å². The molecule has 0 aromatic carbocycles. The first-order chi connectivity index (χ1) is 9.54. The average Bonchev–Trinajstić information content (AvgIpc) is 2.82. The van der Waals surface area contributed by atoms with Crippen LogP contribution in [0.15, 0.2) is 0 Å². The topological polar surface area (TPSA) is 78.4 Å². The summed E-state index contributed by atoms with van der Waals surface area (Å²) in [7, 11) is 0. The monoisotopic (exact) mass is 282 g/mol. The summed E-state index contributed by atoms with van der Waals surface area (Å²) in [5.74, 6) is 0.287. The smallest absolute Gasteiger partial charge is 0.315 e. The highest BCUT2D eigenvalue weighted by molar-refractivity contribution is 5.74. The number of amides is 2. The van der Waals surface area contributed by atoms with Crippen molar-refractivity contribution in [2.45, 2.75) is 57.9 Å². The van der Waals surface area contributed by atoms with Gasteiger partial charge in [0.05, 0.1) is 5.92 Å². The molecule has 0 radical (unpaired) electrons. The van der Waals surface area contributed by atoms with Crippen LogP contribution in [0.25, 0.3) is 0 Å². The van der Waals surface area contributed by atoms with Crippen LogP contribution in [0, 0.1) is 17.8 Å². The van der Waals surface area contributed by atoms with Crippen molar-refractivity contribution in [3.63, 3.8) is 0 Å². The van der Waals surface area contributed by atoms with Gasteiger partial charge in [0, 0.05) is 12.6 Å².